The standard InChI is InChI=1S/C56H68Cl2N8O5S/c1-34(50-29-42(33-72-50)52-41(32-63(3)4)10-7-11-46(52)58)59-53-44-30-43(49(71-5)31-47(44)60-35(2)61-53)38-12-14-39(15-13-38)54(68)64-23-18-36(19-24-64)8-6-9-37-20-25-65(26-21-37)55(69)40-16-17-45(57)48(28-40)66-27-22-51(67)62-56(66)70/h7,10-11,16-17,28-31,33-34,36-39H,6,8-9,12-15,18-27,32H2,1-5H3,(H,59,60,61)(H,62,67,70)/t34-,38?,39?/m1/s1. The second kappa shape index (κ2) is 22.9. The molecule has 4 fully saturated rings. The first-order valence-corrected chi connectivity index (χ1v) is 27.5. The Balaban J connectivity index is 0.735. The average Bonchev–Trinajstić information content (AvgIpc) is 3.86. The van der Waals surface area contributed by atoms with Crippen molar-refractivity contribution in [1.29, 1.82) is 0 Å². The molecular formula is C56H68Cl2N8O5S. The van der Waals surface area contributed by atoms with Crippen LogP contribution >= 0.6 is 34.5 Å². The number of piperidine rings is 2. The number of urea groups is 1. The molecule has 1 saturated carbocycles. The molecule has 72 heavy (non-hydrogen) atoms. The van der Waals surface area contributed by atoms with Crippen LogP contribution in [0.1, 0.15) is 128 Å². The molecule has 0 spiro atoms. The number of imide groups is 1. The molecule has 3 aliphatic heterocycles. The van der Waals surface area contributed by atoms with Gasteiger partial charge in [0.1, 0.15) is 17.4 Å². The third kappa shape index (κ3) is 11.7. The maximum absolute atomic E-state index is 14.0. The van der Waals surface area contributed by atoms with E-state index in [0.29, 0.717) is 52.9 Å². The number of anilines is 2. The zero-order valence-corrected chi connectivity index (χ0v) is 44.6. The quantitative estimate of drug-likeness (QED) is 0.105. The molecule has 4 aliphatic rings. The Bertz CT molecular complexity index is 2800. The number of halogens is 2. The molecule has 1 aliphatic carbocycles. The molecule has 2 N–H and O–H groups in total. The van der Waals surface area contributed by atoms with Crippen LogP contribution in [0.3, 0.4) is 0 Å². The van der Waals surface area contributed by atoms with Gasteiger partial charge in [-0.05, 0) is 156 Å². The number of amides is 5. The number of likely N-dealkylation sites (tertiary alicyclic amines) is 2. The molecule has 9 rings (SSSR count). The number of rotatable bonds is 15. The molecule has 0 unspecified atom stereocenters. The molecule has 5 amide bonds. The Morgan fingerprint density at radius 1 is 0.875 bits per heavy atom. The lowest BCUT2D eigenvalue weighted by atomic mass is 9.77. The minimum absolute atomic E-state index is 0.0130. The van der Waals surface area contributed by atoms with E-state index in [0.717, 1.165) is 122 Å². The molecule has 2 aromatic heterocycles. The van der Waals surface area contributed by atoms with Crippen LogP contribution in [0.25, 0.3) is 22.0 Å². The summed E-state index contributed by atoms with van der Waals surface area (Å²) in [6.45, 7) is 8.21. The van der Waals surface area contributed by atoms with Crippen LogP contribution in [0, 0.1) is 24.7 Å². The van der Waals surface area contributed by atoms with E-state index in [1.807, 2.05) is 24.0 Å². The van der Waals surface area contributed by atoms with Crippen LogP contribution in [0.5, 0.6) is 5.75 Å². The Kier molecular flexibility index (Phi) is 16.4. The van der Waals surface area contributed by atoms with E-state index in [4.69, 9.17) is 37.9 Å². The Labute approximate surface area is 438 Å². The van der Waals surface area contributed by atoms with Crippen molar-refractivity contribution in [3.8, 4) is 16.9 Å². The van der Waals surface area contributed by atoms with Crippen molar-refractivity contribution in [2.75, 3.05) is 64.1 Å². The van der Waals surface area contributed by atoms with Crippen LogP contribution < -0.4 is 20.3 Å². The third-order valence-electron chi connectivity index (χ3n) is 15.5. The SMILES string of the molecule is COc1cc2nc(C)nc(N[C@H](C)c3cc(-c4c(Cl)cccc4CN(C)C)cs3)c2cc1C1CCC(C(=O)N2CCC(CCCC3CCN(C(=O)c4ccc(Cl)c(N5CCC(=O)NC5=O)c4)CC3)CC2)CC1. The van der Waals surface area contributed by atoms with Crippen molar-refractivity contribution in [2.24, 2.45) is 17.8 Å². The summed E-state index contributed by atoms with van der Waals surface area (Å²) in [5.41, 5.74) is 6.33. The number of carbonyl (C=O) groups is 4. The number of fused-ring (bicyclic) bond motifs is 1. The van der Waals surface area contributed by atoms with Gasteiger partial charge in [-0.15, -0.1) is 11.3 Å². The highest BCUT2D eigenvalue weighted by molar-refractivity contribution is 7.10. The van der Waals surface area contributed by atoms with Crippen molar-refractivity contribution in [3.05, 3.63) is 97.4 Å². The highest BCUT2D eigenvalue weighted by Crippen LogP contribution is 2.44. The maximum Gasteiger partial charge on any atom is 0.328 e. The Morgan fingerprint density at radius 2 is 1.58 bits per heavy atom. The molecule has 13 nitrogen and oxygen atoms in total. The minimum atomic E-state index is -0.526. The smallest absolute Gasteiger partial charge is 0.328 e. The van der Waals surface area contributed by atoms with Crippen molar-refractivity contribution < 1.29 is 23.9 Å². The van der Waals surface area contributed by atoms with E-state index < -0.39 is 6.03 Å². The first kappa shape index (κ1) is 51.6. The topological polar surface area (TPSA) is 140 Å². The molecular weight excluding hydrogens is 968 g/mol. The van der Waals surface area contributed by atoms with E-state index in [-0.39, 0.29) is 42.7 Å². The summed E-state index contributed by atoms with van der Waals surface area (Å²) < 4.78 is 6.02. The van der Waals surface area contributed by atoms with Gasteiger partial charge in [0.25, 0.3) is 5.91 Å². The molecule has 5 heterocycles. The molecule has 0 bridgehead atoms. The van der Waals surface area contributed by atoms with Crippen molar-refractivity contribution >= 4 is 80.7 Å². The summed E-state index contributed by atoms with van der Waals surface area (Å²) in [7, 11) is 5.88. The molecule has 382 valence electrons. The third-order valence-corrected chi connectivity index (χ3v) is 17.3. The lowest BCUT2D eigenvalue weighted by Crippen LogP contribution is -2.49. The first-order valence-electron chi connectivity index (χ1n) is 25.9. The van der Waals surface area contributed by atoms with E-state index in [9.17, 15) is 19.2 Å². The van der Waals surface area contributed by atoms with E-state index in [2.05, 4.69) is 71.1 Å². The van der Waals surface area contributed by atoms with Crippen LogP contribution in [0.2, 0.25) is 10.0 Å². The largest absolute Gasteiger partial charge is 0.496 e. The number of benzene rings is 3. The van der Waals surface area contributed by atoms with Gasteiger partial charge in [-0.25, -0.2) is 14.8 Å². The molecule has 0 radical (unpaired) electrons. The van der Waals surface area contributed by atoms with Crippen LogP contribution in [-0.4, -0.2) is 102 Å². The van der Waals surface area contributed by atoms with Gasteiger partial charge in [0.05, 0.1) is 29.4 Å². The van der Waals surface area contributed by atoms with Gasteiger partial charge in [0.2, 0.25) is 11.8 Å². The van der Waals surface area contributed by atoms with Crippen LogP contribution in [0.15, 0.2) is 60.0 Å². The predicted molar refractivity (Wildman–Crippen MR) is 288 cm³/mol. The molecule has 3 aromatic carbocycles. The van der Waals surface area contributed by atoms with Gasteiger partial charge in [0.15, 0.2) is 0 Å². The summed E-state index contributed by atoms with van der Waals surface area (Å²) in [6, 6.07) is 17.1. The number of nitrogens with one attached hydrogen (secondary N) is 2. The molecule has 16 heteroatoms. The normalized spacial score (nSPS) is 19.8. The van der Waals surface area contributed by atoms with E-state index >= 15 is 0 Å². The zero-order chi connectivity index (χ0) is 50.6. The number of aryl methyl sites for hydroxylation is 1. The fourth-order valence-corrected chi connectivity index (χ4v) is 13.0. The monoisotopic (exact) mass is 1030 g/mol. The number of ether oxygens (including phenoxy) is 1. The van der Waals surface area contributed by atoms with Gasteiger partial charge in [-0.3, -0.25) is 24.6 Å². The Hall–Kier alpha value is -5.28. The fourth-order valence-electron chi connectivity index (χ4n) is 11.5. The summed E-state index contributed by atoms with van der Waals surface area (Å²) >= 11 is 14.9. The number of carbonyl (C=O) groups excluding carboxylic acids is 4. The van der Waals surface area contributed by atoms with Gasteiger partial charge >= 0.3 is 6.03 Å². The van der Waals surface area contributed by atoms with Crippen LogP contribution in [0.4, 0.5) is 16.3 Å². The minimum Gasteiger partial charge on any atom is -0.496 e. The highest BCUT2D eigenvalue weighted by atomic mass is 35.5. The van der Waals surface area contributed by atoms with Crippen molar-refractivity contribution in [2.45, 2.75) is 109 Å². The Morgan fingerprint density at radius 3 is 2.26 bits per heavy atom. The van der Waals surface area contributed by atoms with Crippen LogP contribution in [-0.2, 0) is 16.1 Å². The first-order chi connectivity index (χ1) is 34.7. The zero-order valence-electron chi connectivity index (χ0n) is 42.3. The average molecular weight is 1040 g/mol. The fraction of sp³-hybridized carbons (Fsp3) is 0.500. The predicted octanol–water partition coefficient (Wildman–Crippen LogP) is 11.9. The number of nitrogens with zero attached hydrogens (tertiary/aromatic N) is 6. The summed E-state index contributed by atoms with van der Waals surface area (Å²) in [5, 5.41) is 10.3. The maximum atomic E-state index is 14.0. The number of hydrogen-bond donors (Lipinski definition) is 2. The van der Waals surface area contributed by atoms with Gasteiger partial charge in [-0.2, -0.15) is 0 Å². The van der Waals surface area contributed by atoms with Crippen molar-refractivity contribution in [1.82, 2.24) is 30.0 Å². The molecule has 3 saturated heterocycles. The number of hydrogen-bond acceptors (Lipinski definition) is 10. The second-order valence-corrected chi connectivity index (χ2v) is 22.5. The molecule has 1 atom stereocenters. The van der Waals surface area contributed by atoms with Gasteiger partial charge < -0.3 is 24.8 Å². The van der Waals surface area contributed by atoms with E-state index in [1.165, 1.54) is 28.2 Å². The van der Waals surface area contributed by atoms with Gasteiger partial charge in [0, 0.05) is 84.1 Å². The lowest BCUT2D eigenvalue weighted by Gasteiger charge is -2.37. The van der Waals surface area contributed by atoms with E-state index in [1.54, 1.807) is 36.6 Å². The lowest BCUT2D eigenvalue weighted by molar-refractivity contribution is -0.138. The summed E-state index contributed by atoms with van der Waals surface area (Å²) in [4.78, 5) is 70.2. The number of thiophene rings is 1. The number of methoxy groups -OCH3 is 1. The second-order valence-electron chi connectivity index (χ2n) is 20.8. The number of aromatic nitrogens is 2. The van der Waals surface area contributed by atoms with Crippen molar-refractivity contribution in [3.63, 3.8) is 0 Å². The summed E-state index contributed by atoms with van der Waals surface area (Å²) in [5.74, 6) is 3.82. The molecule has 5 aromatic rings. The summed E-state index contributed by atoms with van der Waals surface area (Å²) in [6.07, 6.45) is 11.3. The van der Waals surface area contributed by atoms with Gasteiger partial charge in [-0.1, -0.05) is 54.6 Å². The highest BCUT2D eigenvalue weighted by Gasteiger charge is 2.34.